The average Bonchev–Trinajstić information content (AvgIpc) is 2.57. The number of carbonyl (C=O) groups excluding carboxylic acids is 1. The number of nitrogens with zero attached hydrogens (tertiary/aromatic N) is 3. The number of nitrogen functional groups attached to an aromatic ring is 2. The minimum atomic E-state index is -0.537. The Balaban J connectivity index is 1.71. The van der Waals surface area contributed by atoms with E-state index in [0.29, 0.717) is 6.54 Å². The lowest BCUT2D eigenvalue weighted by Crippen LogP contribution is -2.35. The highest BCUT2D eigenvalue weighted by molar-refractivity contribution is 7.99. The Kier molecular flexibility index (Phi) is 5.98. The molecule has 1 amide bonds. The minimum absolute atomic E-state index is 0.121. The van der Waals surface area contributed by atoms with Gasteiger partial charge < -0.3 is 16.9 Å². The van der Waals surface area contributed by atoms with Crippen molar-refractivity contribution in [3.63, 3.8) is 0 Å². The van der Waals surface area contributed by atoms with E-state index in [0.717, 1.165) is 15.3 Å². The van der Waals surface area contributed by atoms with E-state index in [1.54, 1.807) is 11.8 Å². The van der Waals surface area contributed by atoms with Crippen molar-refractivity contribution in [2.45, 2.75) is 17.7 Å². The molecule has 2 rings (SSSR count). The van der Waals surface area contributed by atoms with Crippen LogP contribution in [0.4, 0.5) is 5.95 Å². The summed E-state index contributed by atoms with van der Waals surface area (Å²) >= 11 is 1.66. The summed E-state index contributed by atoms with van der Waals surface area (Å²) < 4.78 is 0.719. The Hall–Kier alpha value is -2.55. The molecule has 0 saturated heterocycles. The lowest BCUT2D eigenvalue weighted by molar-refractivity contribution is -0.120. The zero-order valence-electron chi connectivity index (χ0n) is 12.4. The Bertz CT molecular complexity index is 719. The second-order valence-electron chi connectivity index (χ2n) is 4.69. The first kappa shape index (κ1) is 16.8. The van der Waals surface area contributed by atoms with Crippen LogP contribution in [0.15, 0.2) is 40.0 Å². The molecule has 0 spiro atoms. The molecular weight excluding hydrogens is 316 g/mol. The van der Waals surface area contributed by atoms with Crippen LogP contribution in [0.3, 0.4) is 0 Å². The van der Waals surface area contributed by atoms with Crippen LogP contribution < -0.4 is 22.5 Å². The van der Waals surface area contributed by atoms with Gasteiger partial charge >= 0.3 is 0 Å². The molecule has 5 N–H and O–H groups in total. The number of aromatic nitrogens is 3. The number of amides is 1. The van der Waals surface area contributed by atoms with Crippen molar-refractivity contribution >= 4 is 23.6 Å². The summed E-state index contributed by atoms with van der Waals surface area (Å²) in [5.41, 5.74) is 4.94. The molecule has 0 aliphatic rings. The molecule has 23 heavy (non-hydrogen) atoms. The van der Waals surface area contributed by atoms with Gasteiger partial charge in [-0.1, -0.05) is 18.2 Å². The molecule has 1 aromatic heterocycles. The number of hydrogen-bond acceptors (Lipinski definition) is 7. The SMILES string of the molecule is Nc1nnc(CCC(=O)NCCSc2ccccc2)c(=O)n1N. The smallest absolute Gasteiger partial charge is 0.295 e. The van der Waals surface area contributed by atoms with Crippen molar-refractivity contribution in [3.8, 4) is 0 Å². The summed E-state index contributed by atoms with van der Waals surface area (Å²) in [4.78, 5) is 24.7. The van der Waals surface area contributed by atoms with Gasteiger partial charge in [0.15, 0.2) is 0 Å². The summed E-state index contributed by atoms with van der Waals surface area (Å²) in [6.45, 7) is 0.549. The van der Waals surface area contributed by atoms with Crippen LogP contribution in [-0.4, -0.2) is 33.1 Å². The molecule has 0 aliphatic heterocycles. The highest BCUT2D eigenvalue weighted by Gasteiger charge is 2.10. The number of benzene rings is 1. The summed E-state index contributed by atoms with van der Waals surface area (Å²) in [5.74, 6) is 5.87. The normalized spacial score (nSPS) is 10.4. The highest BCUT2D eigenvalue weighted by Crippen LogP contribution is 2.15. The number of aryl methyl sites for hydroxylation is 1. The van der Waals surface area contributed by atoms with E-state index in [9.17, 15) is 9.59 Å². The van der Waals surface area contributed by atoms with Crippen LogP contribution >= 0.6 is 11.8 Å². The fourth-order valence-electron chi connectivity index (χ4n) is 1.80. The molecular formula is C14H18N6O2S. The molecule has 0 atom stereocenters. The van der Waals surface area contributed by atoms with Gasteiger partial charge in [-0.05, 0) is 12.1 Å². The van der Waals surface area contributed by atoms with Crippen molar-refractivity contribution < 1.29 is 4.79 Å². The van der Waals surface area contributed by atoms with E-state index in [1.807, 2.05) is 30.3 Å². The minimum Gasteiger partial charge on any atom is -0.366 e. The van der Waals surface area contributed by atoms with Gasteiger partial charge in [0, 0.05) is 30.0 Å². The van der Waals surface area contributed by atoms with E-state index in [4.69, 9.17) is 11.6 Å². The molecule has 0 radical (unpaired) electrons. The molecule has 2 aromatic rings. The zero-order valence-corrected chi connectivity index (χ0v) is 13.3. The first-order valence-corrected chi connectivity index (χ1v) is 8.00. The maximum atomic E-state index is 11.8. The lowest BCUT2D eigenvalue weighted by atomic mass is 10.2. The molecule has 0 aliphatic carbocycles. The van der Waals surface area contributed by atoms with Crippen molar-refractivity contribution in [2.24, 2.45) is 0 Å². The van der Waals surface area contributed by atoms with Crippen LogP contribution in [0.1, 0.15) is 12.1 Å². The predicted octanol–water partition coefficient (Wildman–Crippen LogP) is -0.225. The fourth-order valence-corrected chi connectivity index (χ4v) is 2.59. The lowest BCUT2D eigenvalue weighted by Gasteiger charge is -2.06. The number of carbonyl (C=O) groups is 1. The van der Waals surface area contributed by atoms with Crippen molar-refractivity contribution in [3.05, 3.63) is 46.4 Å². The second kappa shape index (κ2) is 8.18. The topological polar surface area (TPSA) is 129 Å². The van der Waals surface area contributed by atoms with Gasteiger partial charge in [-0.2, -0.15) is 4.68 Å². The van der Waals surface area contributed by atoms with Crippen molar-refractivity contribution in [2.75, 3.05) is 23.9 Å². The zero-order chi connectivity index (χ0) is 16.7. The van der Waals surface area contributed by atoms with E-state index >= 15 is 0 Å². The maximum absolute atomic E-state index is 11.8. The van der Waals surface area contributed by atoms with Gasteiger partial charge in [0.05, 0.1) is 0 Å². The molecule has 8 nitrogen and oxygen atoms in total. The standard InChI is InChI=1S/C14H18N6O2S/c15-14-19-18-11(13(22)20(14)16)6-7-12(21)17-8-9-23-10-4-2-1-3-5-10/h1-5H,6-9,16H2,(H2,15,19)(H,17,21). The molecule has 0 bridgehead atoms. The van der Waals surface area contributed by atoms with E-state index < -0.39 is 5.56 Å². The van der Waals surface area contributed by atoms with Crippen LogP contribution in [0, 0.1) is 0 Å². The van der Waals surface area contributed by atoms with Gasteiger partial charge in [0.25, 0.3) is 5.56 Å². The third kappa shape index (κ3) is 4.99. The van der Waals surface area contributed by atoms with Gasteiger partial charge in [-0.25, -0.2) is 0 Å². The predicted molar refractivity (Wildman–Crippen MR) is 89.4 cm³/mol. The first-order chi connectivity index (χ1) is 11.1. The van der Waals surface area contributed by atoms with Crippen molar-refractivity contribution in [1.82, 2.24) is 20.2 Å². The Morgan fingerprint density at radius 2 is 2.00 bits per heavy atom. The molecule has 1 heterocycles. The van der Waals surface area contributed by atoms with E-state index in [-0.39, 0.29) is 30.4 Å². The van der Waals surface area contributed by atoms with Crippen LogP contribution in [0.25, 0.3) is 0 Å². The summed E-state index contributed by atoms with van der Waals surface area (Å²) in [6, 6.07) is 9.94. The highest BCUT2D eigenvalue weighted by atomic mass is 32.2. The van der Waals surface area contributed by atoms with Crippen molar-refractivity contribution in [1.29, 1.82) is 0 Å². The Labute approximate surface area is 137 Å². The molecule has 122 valence electrons. The third-order valence-corrected chi connectivity index (χ3v) is 4.02. The van der Waals surface area contributed by atoms with E-state index in [2.05, 4.69) is 15.5 Å². The number of anilines is 1. The Morgan fingerprint density at radius 1 is 1.26 bits per heavy atom. The van der Waals surface area contributed by atoms with Gasteiger partial charge in [-0.15, -0.1) is 22.0 Å². The summed E-state index contributed by atoms with van der Waals surface area (Å²) in [7, 11) is 0. The van der Waals surface area contributed by atoms with Gasteiger partial charge in [0.2, 0.25) is 11.9 Å². The molecule has 0 fully saturated rings. The molecule has 9 heteroatoms. The number of hydrogen-bond donors (Lipinski definition) is 3. The molecule has 0 unspecified atom stereocenters. The van der Waals surface area contributed by atoms with Crippen LogP contribution in [0.5, 0.6) is 0 Å². The monoisotopic (exact) mass is 334 g/mol. The first-order valence-electron chi connectivity index (χ1n) is 7.01. The quantitative estimate of drug-likeness (QED) is 0.362. The number of nitrogens with one attached hydrogen (secondary N) is 1. The largest absolute Gasteiger partial charge is 0.366 e. The number of nitrogens with two attached hydrogens (primary N) is 2. The molecule has 1 aromatic carbocycles. The summed E-state index contributed by atoms with van der Waals surface area (Å²) in [6.07, 6.45) is 0.310. The Morgan fingerprint density at radius 3 is 2.74 bits per heavy atom. The fraction of sp³-hybridized carbons (Fsp3) is 0.286. The van der Waals surface area contributed by atoms with Crippen LogP contribution in [-0.2, 0) is 11.2 Å². The van der Waals surface area contributed by atoms with Gasteiger partial charge in [0.1, 0.15) is 5.69 Å². The van der Waals surface area contributed by atoms with Gasteiger partial charge in [-0.3, -0.25) is 9.59 Å². The molecule has 0 saturated carbocycles. The van der Waals surface area contributed by atoms with E-state index in [1.165, 1.54) is 0 Å². The number of rotatable bonds is 7. The maximum Gasteiger partial charge on any atom is 0.295 e. The van der Waals surface area contributed by atoms with Crippen LogP contribution in [0.2, 0.25) is 0 Å². The third-order valence-electron chi connectivity index (χ3n) is 3.01. The second-order valence-corrected chi connectivity index (χ2v) is 5.86. The number of thioether (sulfide) groups is 1. The average molecular weight is 334 g/mol. The summed E-state index contributed by atoms with van der Waals surface area (Å²) in [5, 5.41) is 10.0.